The van der Waals surface area contributed by atoms with Crippen LogP contribution in [0.3, 0.4) is 0 Å². The maximum atomic E-state index is 13.5. The van der Waals surface area contributed by atoms with Crippen molar-refractivity contribution in [1.82, 2.24) is 0 Å². The molecule has 16 heavy (non-hydrogen) atoms. The van der Waals surface area contributed by atoms with Gasteiger partial charge in [-0.25, -0.2) is 4.39 Å². The normalized spacial score (nSPS) is 12.2. The summed E-state index contributed by atoms with van der Waals surface area (Å²) in [5, 5.41) is 18.2. The summed E-state index contributed by atoms with van der Waals surface area (Å²) in [4.78, 5) is 10.6. The molecule has 4 N–H and O–H groups in total. The molecule has 1 unspecified atom stereocenters. The van der Waals surface area contributed by atoms with Crippen LogP contribution in [-0.2, 0) is 4.79 Å². The van der Waals surface area contributed by atoms with Crippen molar-refractivity contribution < 1.29 is 24.1 Å². The average molecular weight is 294 g/mol. The Hall–Kier alpha value is -1.34. The van der Waals surface area contributed by atoms with Crippen LogP contribution in [0.5, 0.6) is 11.5 Å². The molecule has 0 aliphatic carbocycles. The maximum Gasteiger partial charge on any atom is 0.325 e. The van der Waals surface area contributed by atoms with Crippen LogP contribution in [0.15, 0.2) is 10.5 Å². The predicted molar refractivity (Wildman–Crippen MR) is 56.9 cm³/mol. The van der Waals surface area contributed by atoms with Crippen LogP contribution in [0, 0.1) is 5.82 Å². The number of rotatable bonds is 3. The summed E-state index contributed by atoms with van der Waals surface area (Å²) < 4.78 is 18.1. The van der Waals surface area contributed by atoms with Gasteiger partial charge in [0.05, 0.1) is 11.6 Å². The molecule has 5 nitrogen and oxygen atoms in total. The summed E-state index contributed by atoms with van der Waals surface area (Å²) in [6.07, 6.45) is 0. The molecule has 1 atom stereocenters. The van der Waals surface area contributed by atoms with Gasteiger partial charge in [-0.1, -0.05) is 0 Å². The second-order valence-corrected chi connectivity index (χ2v) is 3.75. The smallest absolute Gasteiger partial charge is 0.325 e. The summed E-state index contributed by atoms with van der Waals surface area (Å²) >= 11 is 2.88. The van der Waals surface area contributed by atoms with E-state index in [2.05, 4.69) is 15.9 Å². The largest absolute Gasteiger partial charge is 0.503 e. The summed E-state index contributed by atoms with van der Waals surface area (Å²) in [6.45, 7) is 0. The first-order chi connectivity index (χ1) is 7.40. The van der Waals surface area contributed by atoms with Gasteiger partial charge in [-0.05, 0) is 15.9 Å². The molecule has 0 fully saturated rings. The van der Waals surface area contributed by atoms with Crippen molar-refractivity contribution in [1.29, 1.82) is 0 Å². The van der Waals surface area contributed by atoms with Crippen LogP contribution in [0.1, 0.15) is 11.6 Å². The number of hydrogen-bond donors (Lipinski definition) is 3. The second-order valence-electron chi connectivity index (χ2n) is 2.95. The molecule has 0 saturated heterocycles. The zero-order valence-electron chi connectivity index (χ0n) is 8.20. The highest BCUT2D eigenvalue weighted by Crippen LogP contribution is 2.40. The molecule has 88 valence electrons. The molecule has 0 heterocycles. The van der Waals surface area contributed by atoms with Gasteiger partial charge in [-0.15, -0.1) is 0 Å². The number of carboxylic acids is 1. The zero-order valence-corrected chi connectivity index (χ0v) is 9.78. The van der Waals surface area contributed by atoms with E-state index in [1.807, 2.05) is 0 Å². The molecule has 0 amide bonds. The Morgan fingerprint density at radius 3 is 2.69 bits per heavy atom. The number of aliphatic carboxylic acids is 1. The zero-order chi connectivity index (χ0) is 12.5. The Bertz CT molecular complexity index is 438. The van der Waals surface area contributed by atoms with Gasteiger partial charge in [-0.2, -0.15) is 0 Å². The topological polar surface area (TPSA) is 92.8 Å². The molecule has 0 radical (unpaired) electrons. The fourth-order valence-electron chi connectivity index (χ4n) is 1.17. The summed E-state index contributed by atoms with van der Waals surface area (Å²) in [7, 11) is 1.25. The minimum absolute atomic E-state index is 0.106. The van der Waals surface area contributed by atoms with E-state index in [0.29, 0.717) is 0 Å². The Kier molecular flexibility index (Phi) is 3.71. The van der Waals surface area contributed by atoms with E-state index < -0.39 is 23.6 Å². The monoisotopic (exact) mass is 293 g/mol. The number of hydrogen-bond acceptors (Lipinski definition) is 4. The Labute approximate surface area is 98.8 Å². The quantitative estimate of drug-likeness (QED) is 0.783. The van der Waals surface area contributed by atoms with E-state index in [-0.39, 0.29) is 15.8 Å². The van der Waals surface area contributed by atoms with E-state index in [4.69, 9.17) is 15.6 Å². The van der Waals surface area contributed by atoms with E-state index in [1.165, 1.54) is 7.11 Å². The molecule has 0 aliphatic heterocycles. The lowest BCUT2D eigenvalue weighted by Crippen LogP contribution is -2.22. The molecule has 1 aromatic carbocycles. The number of methoxy groups -OCH3 is 1. The summed E-state index contributed by atoms with van der Waals surface area (Å²) in [5.74, 6) is -2.76. The number of nitrogens with two attached hydrogens (primary N) is 1. The number of phenols is 1. The first kappa shape index (κ1) is 12.7. The lowest BCUT2D eigenvalue weighted by Gasteiger charge is -2.14. The third kappa shape index (κ3) is 2.10. The van der Waals surface area contributed by atoms with Crippen molar-refractivity contribution in [2.45, 2.75) is 6.04 Å². The number of carboxylic acid groups (broad SMARTS) is 1. The highest BCUT2D eigenvalue weighted by molar-refractivity contribution is 9.10. The Morgan fingerprint density at radius 1 is 1.69 bits per heavy atom. The first-order valence-corrected chi connectivity index (χ1v) is 4.92. The molecule has 0 saturated carbocycles. The summed E-state index contributed by atoms with van der Waals surface area (Å²) in [6, 6.07) is -0.690. The summed E-state index contributed by atoms with van der Waals surface area (Å²) in [5.41, 5.74) is 4.95. The van der Waals surface area contributed by atoms with Gasteiger partial charge >= 0.3 is 5.97 Å². The van der Waals surface area contributed by atoms with E-state index in [1.54, 1.807) is 0 Å². The fourth-order valence-corrected chi connectivity index (χ4v) is 1.80. The van der Waals surface area contributed by atoms with Crippen LogP contribution < -0.4 is 10.5 Å². The first-order valence-electron chi connectivity index (χ1n) is 4.13. The molecular formula is C9H9BrFNO4. The number of benzene rings is 1. The number of aromatic hydroxyl groups is 1. The predicted octanol–water partition coefficient (Wildman–Crippen LogP) is 1.39. The third-order valence-corrected chi connectivity index (χ3v) is 2.79. The molecule has 1 aromatic rings. The van der Waals surface area contributed by atoms with Crippen LogP contribution >= 0.6 is 15.9 Å². The molecule has 0 aliphatic rings. The van der Waals surface area contributed by atoms with Crippen molar-refractivity contribution in [3.8, 4) is 11.5 Å². The molecule has 0 spiro atoms. The molecule has 0 bridgehead atoms. The molecule has 7 heteroatoms. The van der Waals surface area contributed by atoms with Crippen molar-refractivity contribution >= 4 is 21.9 Å². The van der Waals surface area contributed by atoms with Crippen molar-refractivity contribution in [3.63, 3.8) is 0 Å². The molecule has 0 aromatic heterocycles. The Balaban J connectivity index is 3.41. The van der Waals surface area contributed by atoms with E-state index in [9.17, 15) is 14.3 Å². The van der Waals surface area contributed by atoms with Crippen LogP contribution in [-0.4, -0.2) is 23.3 Å². The molecule has 1 rings (SSSR count). The lowest BCUT2D eigenvalue weighted by molar-refractivity contribution is -0.138. The number of phenolic OH excluding ortho intramolecular Hbond substituents is 1. The lowest BCUT2D eigenvalue weighted by atomic mass is 10.1. The van der Waals surface area contributed by atoms with Gasteiger partial charge in [0.1, 0.15) is 11.9 Å². The minimum atomic E-state index is -1.56. The third-order valence-electron chi connectivity index (χ3n) is 1.99. The number of halogens is 2. The standard InChI is InChI=1S/C9H9BrFNO4/c1-16-4-2-3(11)5(6(10)8(4)13)7(12)9(14)15/h2,7,13H,12H2,1H3,(H,14,15). The molecular weight excluding hydrogens is 285 g/mol. The number of carbonyl (C=O) groups is 1. The van der Waals surface area contributed by atoms with Crippen LogP contribution in [0.4, 0.5) is 4.39 Å². The number of ether oxygens (including phenoxy) is 1. The van der Waals surface area contributed by atoms with E-state index >= 15 is 0 Å². The van der Waals surface area contributed by atoms with E-state index in [0.717, 1.165) is 6.07 Å². The minimum Gasteiger partial charge on any atom is -0.503 e. The van der Waals surface area contributed by atoms with Gasteiger partial charge in [0, 0.05) is 11.6 Å². The van der Waals surface area contributed by atoms with Crippen LogP contribution in [0.2, 0.25) is 0 Å². The van der Waals surface area contributed by atoms with Gasteiger partial charge in [-0.3, -0.25) is 4.79 Å². The van der Waals surface area contributed by atoms with Crippen molar-refractivity contribution in [2.75, 3.05) is 7.11 Å². The maximum absolute atomic E-state index is 13.5. The van der Waals surface area contributed by atoms with Gasteiger partial charge < -0.3 is 20.7 Å². The van der Waals surface area contributed by atoms with Crippen molar-refractivity contribution in [3.05, 3.63) is 21.9 Å². The van der Waals surface area contributed by atoms with Gasteiger partial charge in [0.2, 0.25) is 0 Å². The average Bonchev–Trinajstić information content (AvgIpc) is 2.23. The van der Waals surface area contributed by atoms with Crippen LogP contribution in [0.25, 0.3) is 0 Å². The van der Waals surface area contributed by atoms with Gasteiger partial charge in [0.15, 0.2) is 11.5 Å². The highest BCUT2D eigenvalue weighted by Gasteiger charge is 2.25. The SMILES string of the molecule is COc1cc(F)c(C(N)C(=O)O)c(Br)c1O. The fraction of sp³-hybridized carbons (Fsp3) is 0.222. The van der Waals surface area contributed by atoms with Crippen molar-refractivity contribution in [2.24, 2.45) is 5.73 Å². The Morgan fingerprint density at radius 2 is 2.25 bits per heavy atom. The highest BCUT2D eigenvalue weighted by atomic mass is 79.9. The second kappa shape index (κ2) is 4.67. The van der Waals surface area contributed by atoms with Gasteiger partial charge in [0.25, 0.3) is 0 Å².